The molecule has 0 bridgehead atoms. The molecule has 1 rings (SSSR count). The third-order valence-electron chi connectivity index (χ3n) is 4.07. The van der Waals surface area contributed by atoms with E-state index in [1.54, 1.807) is 4.90 Å². The van der Waals surface area contributed by atoms with E-state index in [9.17, 15) is 19.2 Å². The Morgan fingerprint density at radius 1 is 0.767 bits per heavy atom. The monoisotopic (exact) mass is 471 g/mol. The third-order valence-corrected chi connectivity index (χ3v) is 4.41. The molecular weight excluding hydrogens is 445 g/mol. The molecule has 1 aliphatic heterocycles. The largest absolute Gasteiger partial charge is 0.463 e. The maximum atomic E-state index is 11.8. The Balaban J connectivity index is 3.41. The first-order valence-electron chi connectivity index (χ1n) is 9.27. The summed E-state index contributed by atoms with van der Waals surface area (Å²) in [6.07, 6.45) is -5.53. The van der Waals surface area contributed by atoms with Gasteiger partial charge in [-0.05, 0) is 0 Å². The molecule has 0 amide bonds. The first kappa shape index (κ1) is 26.4. The molecule has 5 atom stereocenters. The highest BCUT2D eigenvalue weighted by Gasteiger charge is 2.53. The van der Waals surface area contributed by atoms with Crippen molar-refractivity contribution in [3.05, 3.63) is 0 Å². The fourth-order valence-electron chi connectivity index (χ4n) is 3.08. The zero-order valence-corrected chi connectivity index (χ0v) is 18.8. The Kier molecular flexibility index (Phi) is 11.4. The van der Waals surface area contributed by atoms with E-state index in [0.717, 1.165) is 13.8 Å². The molecule has 0 aliphatic carbocycles. The molecule has 1 fully saturated rings. The van der Waals surface area contributed by atoms with E-state index in [2.05, 4.69) is 0 Å². The zero-order chi connectivity index (χ0) is 22.8. The normalized spacial score (nSPS) is 26.0. The summed E-state index contributed by atoms with van der Waals surface area (Å²) in [6.45, 7) is 5.04. The van der Waals surface area contributed by atoms with Gasteiger partial charge >= 0.3 is 23.9 Å². The minimum absolute atomic E-state index is 0.212. The van der Waals surface area contributed by atoms with Gasteiger partial charge in [-0.1, -0.05) is 0 Å². The Bertz CT molecular complexity index is 612. The quantitative estimate of drug-likeness (QED) is 0.257. The number of esters is 4. The Morgan fingerprint density at radius 2 is 1.23 bits per heavy atom. The molecule has 0 saturated carbocycles. The van der Waals surface area contributed by atoms with Crippen LogP contribution in [0.15, 0.2) is 0 Å². The van der Waals surface area contributed by atoms with Crippen molar-refractivity contribution >= 4 is 47.1 Å². The SMILES string of the molecule is CC(=O)OC[C@H]1O[C@@H](N(CCCl)CCCl)[C@@H](OC(C)=O)[C@@H](OC(C)=O)[C@H]1OC(C)=O. The van der Waals surface area contributed by atoms with Crippen molar-refractivity contribution in [2.45, 2.75) is 58.3 Å². The predicted molar refractivity (Wildman–Crippen MR) is 105 cm³/mol. The van der Waals surface area contributed by atoms with Gasteiger partial charge in [0.15, 0.2) is 24.5 Å². The van der Waals surface area contributed by atoms with Crippen LogP contribution in [0.3, 0.4) is 0 Å². The molecule has 10 nitrogen and oxygen atoms in total. The maximum absolute atomic E-state index is 11.8. The van der Waals surface area contributed by atoms with Crippen LogP contribution < -0.4 is 0 Å². The number of halogens is 2. The summed E-state index contributed by atoms with van der Waals surface area (Å²) >= 11 is 11.8. The highest BCUT2D eigenvalue weighted by Crippen LogP contribution is 2.31. The van der Waals surface area contributed by atoms with E-state index in [0.29, 0.717) is 13.1 Å². The molecule has 1 heterocycles. The van der Waals surface area contributed by atoms with Gasteiger partial charge in [0.25, 0.3) is 0 Å². The fourth-order valence-corrected chi connectivity index (χ4v) is 3.52. The van der Waals surface area contributed by atoms with E-state index in [-0.39, 0.29) is 18.4 Å². The molecule has 30 heavy (non-hydrogen) atoms. The van der Waals surface area contributed by atoms with E-state index >= 15 is 0 Å². The van der Waals surface area contributed by atoms with Crippen molar-refractivity contribution in [2.75, 3.05) is 31.5 Å². The summed E-state index contributed by atoms with van der Waals surface area (Å²) in [5.74, 6) is -2.20. The number of carbonyl (C=O) groups is 4. The first-order valence-corrected chi connectivity index (χ1v) is 10.3. The third kappa shape index (κ3) is 8.25. The van der Waals surface area contributed by atoms with E-state index in [4.69, 9.17) is 46.9 Å². The molecule has 1 saturated heterocycles. The van der Waals surface area contributed by atoms with Crippen molar-refractivity contribution in [1.82, 2.24) is 4.90 Å². The van der Waals surface area contributed by atoms with Crippen LogP contribution >= 0.6 is 23.2 Å². The van der Waals surface area contributed by atoms with Crippen molar-refractivity contribution < 1.29 is 42.9 Å². The molecule has 0 radical (unpaired) electrons. The van der Waals surface area contributed by atoms with Crippen LogP contribution in [-0.2, 0) is 42.9 Å². The second-order valence-corrected chi connectivity index (χ2v) is 7.26. The molecule has 0 aromatic rings. The average molecular weight is 472 g/mol. The minimum Gasteiger partial charge on any atom is -0.463 e. The van der Waals surface area contributed by atoms with Gasteiger partial charge in [-0.2, -0.15) is 0 Å². The molecular formula is C18H27Cl2NO9. The summed E-state index contributed by atoms with van der Waals surface area (Å²) in [4.78, 5) is 48.3. The van der Waals surface area contributed by atoms with E-state index in [1.807, 2.05) is 0 Å². The van der Waals surface area contributed by atoms with Gasteiger partial charge in [-0.25, -0.2) is 0 Å². The molecule has 0 aromatic heterocycles. The number of hydrogen-bond donors (Lipinski definition) is 0. The highest BCUT2D eigenvalue weighted by molar-refractivity contribution is 6.18. The number of alkyl halides is 2. The van der Waals surface area contributed by atoms with Crippen molar-refractivity contribution in [1.29, 1.82) is 0 Å². The second-order valence-electron chi connectivity index (χ2n) is 6.50. The van der Waals surface area contributed by atoms with Gasteiger partial charge in [0.2, 0.25) is 0 Å². The summed E-state index contributed by atoms with van der Waals surface area (Å²) in [5, 5.41) is 0. The number of hydrogen-bond acceptors (Lipinski definition) is 10. The van der Waals surface area contributed by atoms with Crippen molar-refractivity contribution in [3.63, 3.8) is 0 Å². The summed E-state index contributed by atoms with van der Waals surface area (Å²) in [5.41, 5.74) is 0. The topological polar surface area (TPSA) is 118 Å². The zero-order valence-electron chi connectivity index (χ0n) is 17.3. The first-order chi connectivity index (χ1) is 14.1. The Morgan fingerprint density at radius 3 is 1.67 bits per heavy atom. The van der Waals surface area contributed by atoms with Crippen LogP contribution in [0, 0.1) is 0 Å². The smallest absolute Gasteiger partial charge is 0.303 e. The summed E-state index contributed by atoms with van der Waals surface area (Å²) in [7, 11) is 0. The molecule has 12 heteroatoms. The van der Waals surface area contributed by atoms with Gasteiger partial charge in [-0.3, -0.25) is 24.1 Å². The van der Waals surface area contributed by atoms with Gasteiger partial charge in [-0.15, -0.1) is 23.2 Å². The average Bonchev–Trinajstić information content (AvgIpc) is 2.62. The van der Waals surface area contributed by atoms with Crippen LogP contribution in [0.25, 0.3) is 0 Å². The Hall–Kier alpha value is -1.62. The van der Waals surface area contributed by atoms with E-state index in [1.165, 1.54) is 13.8 Å². The summed E-state index contributed by atoms with van der Waals surface area (Å²) < 4.78 is 27.2. The van der Waals surface area contributed by atoms with Gasteiger partial charge in [0, 0.05) is 52.5 Å². The fraction of sp³-hybridized carbons (Fsp3) is 0.778. The molecule has 172 valence electrons. The van der Waals surface area contributed by atoms with Crippen molar-refractivity contribution in [2.24, 2.45) is 0 Å². The second kappa shape index (κ2) is 12.9. The highest BCUT2D eigenvalue weighted by atomic mass is 35.5. The molecule has 0 aromatic carbocycles. The minimum atomic E-state index is -1.22. The predicted octanol–water partition coefficient (Wildman–Crippen LogP) is 0.849. The lowest BCUT2D eigenvalue weighted by Crippen LogP contribution is -2.66. The van der Waals surface area contributed by atoms with Crippen LogP contribution in [-0.4, -0.2) is 90.9 Å². The lowest BCUT2D eigenvalue weighted by Gasteiger charge is -2.47. The van der Waals surface area contributed by atoms with Gasteiger partial charge in [0.05, 0.1) is 0 Å². The van der Waals surface area contributed by atoms with Crippen LogP contribution in [0.4, 0.5) is 0 Å². The molecule has 0 unspecified atom stereocenters. The number of carbonyl (C=O) groups excluding carboxylic acids is 4. The van der Waals surface area contributed by atoms with Crippen LogP contribution in [0.2, 0.25) is 0 Å². The summed E-state index contributed by atoms with van der Waals surface area (Å²) in [6, 6.07) is 0. The Labute approximate surface area is 185 Å². The number of nitrogens with zero attached hydrogens (tertiary/aromatic N) is 1. The maximum Gasteiger partial charge on any atom is 0.303 e. The standard InChI is InChI=1S/C18H27Cl2NO9/c1-10(22)26-9-14-15(27-11(2)23)16(28-12(3)24)17(29-13(4)25)18(30-14)21(7-5-19)8-6-20/h14-18H,5-9H2,1-4H3/t14-,15+,16+,17+,18-/m1/s1. The molecule has 1 aliphatic rings. The lowest BCUT2D eigenvalue weighted by atomic mass is 9.96. The lowest BCUT2D eigenvalue weighted by molar-refractivity contribution is -0.277. The van der Waals surface area contributed by atoms with Crippen LogP contribution in [0.5, 0.6) is 0 Å². The molecule has 0 N–H and O–H groups in total. The van der Waals surface area contributed by atoms with Gasteiger partial charge in [0.1, 0.15) is 12.7 Å². The van der Waals surface area contributed by atoms with Gasteiger partial charge < -0.3 is 23.7 Å². The van der Waals surface area contributed by atoms with Crippen LogP contribution in [0.1, 0.15) is 27.7 Å². The molecule has 0 spiro atoms. The van der Waals surface area contributed by atoms with E-state index < -0.39 is 54.5 Å². The van der Waals surface area contributed by atoms with Crippen molar-refractivity contribution in [3.8, 4) is 0 Å². The number of ether oxygens (including phenoxy) is 5. The number of rotatable bonds is 10.